The number of rotatable bonds is 10. The van der Waals surface area contributed by atoms with E-state index in [4.69, 9.17) is 0 Å². The summed E-state index contributed by atoms with van der Waals surface area (Å²) < 4.78 is 0. The van der Waals surface area contributed by atoms with Crippen molar-refractivity contribution in [2.75, 3.05) is 0 Å². The second kappa shape index (κ2) is 10.1. The number of hydrogen-bond acceptors (Lipinski definition) is 2. The van der Waals surface area contributed by atoms with Gasteiger partial charge in [0.25, 0.3) is 0 Å². The van der Waals surface area contributed by atoms with Crippen LogP contribution < -0.4 is 0 Å². The second-order valence-electron chi connectivity index (χ2n) is 5.66. The summed E-state index contributed by atoms with van der Waals surface area (Å²) in [5.41, 5.74) is 2.39. The fourth-order valence-corrected chi connectivity index (χ4v) is 2.36. The zero-order valence-corrected chi connectivity index (χ0v) is 13.3. The summed E-state index contributed by atoms with van der Waals surface area (Å²) in [5.74, 6) is 0. The zero-order chi connectivity index (χ0) is 15.5. The van der Waals surface area contributed by atoms with Crippen LogP contribution in [0.4, 0.5) is 0 Å². The van der Waals surface area contributed by atoms with Gasteiger partial charge >= 0.3 is 0 Å². The molecule has 1 aromatic carbocycles. The van der Waals surface area contributed by atoms with Gasteiger partial charge in [-0.25, -0.2) is 0 Å². The topological polar surface area (TPSA) is 43.1 Å². The van der Waals surface area contributed by atoms with Crippen molar-refractivity contribution in [1.29, 1.82) is 0 Å². The van der Waals surface area contributed by atoms with Crippen molar-refractivity contribution in [2.24, 2.45) is 0 Å². The van der Waals surface area contributed by atoms with Crippen molar-refractivity contribution in [3.05, 3.63) is 51.2 Å². The molecule has 0 radical (unpaired) electrons. The highest BCUT2D eigenvalue weighted by molar-refractivity contribution is 5.51. The van der Waals surface area contributed by atoms with Crippen LogP contribution in [0.3, 0.4) is 0 Å². The van der Waals surface area contributed by atoms with E-state index in [0.29, 0.717) is 0 Å². The van der Waals surface area contributed by atoms with E-state index in [2.05, 4.69) is 19.1 Å². The molecule has 0 bridgehead atoms. The average molecular weight is 289 g/mol. The van der Waals surface area contributed by atoms with Crippen LogP contribution >= 0.6 is 0 Å². The molecule has 0 aliphatic rings. The van der Waals surface area contributed by atoms with Crippen LogP contribution in [0.15, 0.2) is 30.0 Å². The normalized spacial score (nSPS) is 11.6. The van der Waals surface area contributed by atoms with E-state index in [0.717, 1.165) is 12.0 Å². The molecular formula is C18H27NO2. The summed E-state index contributed by atoms with van der Waals surface area (Å²) in [4.78, 5) is 10.2. The third-order valence-electron chi connectivity index (χ3n) is 3.71. The fraction of sp³-hybridized carbons (Fsp3) is 0.556. The van der Waals surface area contributed by atoms with E-state index in [-0.39, 0.29) is 10.6 Å². The summed E-state index contributed by atoms with van der Waals surface area (Å²) in [6, 6.07) is 8.08. The lowest BCUT2D eigenvalue weighted by Crippen LogP contribution is -1.93. The Morgan fingerprint density at radius 3 is 2.19 bits per heavy atom. The number of unbranched alkanes of at least 4 members (excludes halogenated alkanes) is 6. The van der Waals surface area contributed by atoms with E-state index in [9.17, 15) is 10.1 Å². The Hall–Kier alpha value is -1.64. The molecule has 0 unspecified atom stereocenters. The molecule has 0 saturated heterocycles. The van der Waals surface area contributed by atoms with Crippen LogP contribution in [0.1, 0.15) is 69.9 Å². The third kappa shape index (κ3) is 7.64. The van der Waals surface area contributed by atoms with E-state index in [1.165, 1.54) is 57.4 Å². The molecule has 1 aromatic rings. The molecule has 0 aliphatic heterocycles. The Balaban J connectivity index is 2.28. The predicted octanol–water partition coefficient (Wildman–Crippen LogP) is 5.62. The van der Waals surface area contributed by atoms with Crippen LogP contribution in [0.5, 0.6) is 0 Å². The van der Waals surface area contributed by atoms with Gasteiger partial charge in [-0.1, -0.05) is 69.7 Å². The van der Waals surface area contributed by atoms with Gasteiger partial charge in [-0.05, 0) is 24.0 Å². The minimum Gasteiger partial charge on any atom is -0.259 e. The highest BCUT2D eigenvalue weighted by Crippen LogP contribution is 2.13. The number of nitrogens with zero attached hydrogens (tertiary/aromatic N) is 1. The molecule has 3 nitrogen and oxygen atoms in total. The number of benzene rings is 1. The molecule has 0 aromatic heterocycles. The van der Waals surface area contributed by atoms with E-state index in [1.54, 1.807) is 6.08 Å². The Morgan fingerprint density at radius 1 is 1.05 bits per heavy atom. The summed E-state index contributed by atoms with van der Waals surface area (Å²) >= 11 is 0. The van der Waals surface area contributed by atoms with Gasteiger partial charge in [0.15, 0.2) is 0 Å². The third-order valence-corrected chi connectivity index (χ3v) is 3.71. The van der Waals surface area contributed by atoms with Crippen molar-refractivity contribution in [2.45, 2.75) is 65.2 Å². The van der Waals surface area contributed by atoms with Crippen LogP contribution in [-0.2, 0) is 6.42 Å². The largest absolute Gasteiger partial charge is 0.259 e. The molecular weight excluding hydrogens is 262 g/mol. The molecule has 0 spiro atoms. The minimum atomic E-state index is -0.355. The SMILES string of the molecule is CCCCCCCCCc1ccc(C=C(C)[N+](=O)[O-])cc1. The van der Waals surface area contributed by atoms with Crippen LogP contribution in [0.2, 0.25) is 0 Å². The van der Waals surface area contributed by atoms with Gasteiger partial charge < -0.3 is 0 Å². The highest BCUT2D eigenvalue weighted by atomic mass is 16.6. The summed E-state index contributed by atoms with van der Waals surface area (Å²) in [6.45, 7) is 3.76. The van der Waals surface area contributed by atoms with Gasteiger partial charge in [0.1, 0.15) is 0 Å². The van der Waals surface area contributed by atoms with E-state index in [1.807, 2.05) is 12.1 Å². The first-order valence-corrected chi connectivity index (χ1v) is 8.05. The Kier molecular flexibility index (Phi) is 8.41. The summed E-state index contributed by atoms with van der Waals surface area (Å²) in [7, 11) is 0. The minimum absolute atomic E-state index is 0.176. The first kappa shape index (κ1) is 17.4. The van der Waals surface area contributed by atoms with E-state index >= 15 is 0 Å². The van der Waals surface area contributed by atoms with Gasteiger partial charge in [-0.2, -0.15) is 0 Å². The van der Waals surface area contributed by atoms with Crippen LogP contribution in [-0.4, -0.2) is 4.92 Å². The Bertz CT molecular complexity index is 449. The highest BCUT2D eigenvalue weighted by Gasteiger charge is 2.02. The molecule has 0 aliphatic carbocycles. The van der Waals surface area contributed by atoms with Crippen LogP contribution in [0, 0.1) is 10.1 Å². The molecule has 0 atom stereocenters. The van der Waals surface area contributed by atoms with Crippen molar-refractivity contribution in [1.82, 2.24) is 0 Å². The van der Waals surface area contributed by atoms with Crippen molar-refractivity contribution < 1.29 is 4.92 Å². The van der Waals surface area contributed by atoms with Crippen molar-refractivity contribution >= 4 is 6.08 Å². The fourth-order valence-electron chi connectivity index (χ4n) is 2.36. The van der Waals surface area contributed by atoms with Crippen molar-refractivity contribution in [3.8, 4) is 0 Å². The maximum absolute atomic E-state index is 10.6. The maximum Gasteiger partial charge on any atom is 0.243 e. The quantitative estimate of drug-likeness (QED) is 0.319. The molecule has 1 rings (SSSR count). The smallest absolute Gasteiger partial charge is 0.243 e. The van der Waals surface area contributed by atoms with Gasteiger partial charge in [0, 0.05) is 13.0 Å². The number of allylic oxidation sites excluding steroid dienone is 1. The standard InChI is InChI=1S/C18H27NO2/c1-3-4-5-6-7-8-9-10-17-11-13-18(14-12-17)15-16(2)19(20)21/h11-15H,3-10H2,1-2H3. The second-order valence-corrected chi connectivity index (χ2v) is 5.66. The van der Waals surface area contributed by atoms with Crippen molar-refractivity contribution in [3.63, 3.8) is 0 Å². The lowest BCUT2D eigenvalue weighted by molar-refractivity contribution is -0.422. The van der Waals surface area contributed by atoms with Gasteiger partial charge in [0.05, 0.1) is 4.92 Å². The molecule has 0 saturated carbocycles. The molecule has 0 amide bonds. The van der Waals surface area contributed by atoms with Gasteiger partial charge in [0.2, 0.25) is 5.70 Å². The number of nitro groups is 1. The first-order valence-electron chi connectivity index (χ1n) is 8.05. The van der Waals surface area contributed by atoms with Crippen LogP contribution in [0.25, 0.3) is 6.08 Å². The lowest BCUT2D eigenvalue weighted by Gasteiger charge is -2.03. The molecule has 21 heavy (non-hydrogen) atoms. The molecule has 116 valence electrons. The molecule has 0 N–H and O–H groups in total. The maximum atomic E-state index is 10.6. The Labute approximate surface area is 128 Å². The van der Waals surface area contributed by atoms with Gasteiger partial charge in [-0.15, -0.1) is 0 Å². The summed E-state index contributed by atoms with van der Waals surface area (Å²) in [6.07, 6.45) is 12.0. The molecule has 0 heterocycles. The van der Waals surface area contributed by atoms with E-state index < -0.39 is 0 Å². The average Bonchev–Trinajstić information content (AvgIpc) is 2.48. The Morgan fingerprint density at radius 2 is 1.62 bits per heavy atom. The number of aryl methyl sites for hydroxylation is 1. The first-order chi connectivity index (χ1) is 10.1. The zero-order valence-electron chi connectivity index (χ0n) is 13.3. The monoisotopic (exact) mass is 289 g/mol. The summed E-state index contributed by atoms with van der Waals surface area (Å²) in [5, 5.41) is 10.6. The van der Waals surface area contributed by atoms with Gasteiger partial charge in [-0.3, -0.25) is 10.1 Å². The number of hydrogen-bond donors (Lipinski definition) is 0. The predicted molar refractivity (Wildman–Crippen MR) is 88.8 cm³/mol. The molecule has 0 fully saturated rings. The lowest BCUT2D eigenvalue weighted by atomic mass is 10.0. The molecule has 3 heteroatoms.